The van der Waals surface area contributed by atoms with Gasteiger partial charge in [0.05, 0.1) is 24.2 Å². The third-order valence-electron chi connectivity index (χ3n) is 4.51. The van der Waals surface area contributed by atoms with Gasteiger partial charge in [-0.3, -0.25) is 4.79 Å². The zero-order valence-electron chi connectivity index (χ0n) is 18.1. The Bertz CT molecular complexity index is 1280. The lowest BCUT2D eigenvalue weighted by molar-refractivity contribution is 0.326. The van der Waals surface area contributed by atoms with Gasteiger partial charge in [-0.1, -0.05) is 61.0 Å². The van der Waals surface area contributed by atoms with Crippen molar-refractivity contribution in [2.24, 2.45) is 5.10 Å². The molecule has 0 aliphatic rings. The molecule has 0 spiro atoms. The van der Waals surface area contributed by atoms with E-state index in [1.807, 2.05) is 32.9 Å². The lowest BCUT2D eigenvalue weighted by Crippen LogP contribution is -2.29. The van der Waals surface area contributed by atoms with E-state index in [1.165, 1.54) is 18.0 Å². The fourth-order valence-electron chi connectivity index (χ4n) is 2.99. The van der Waals surface area contributed by atoms with Crippen LogP contribution in [-0.4, -0.2) is 29.6 Å². The zero-order valence-corrected chi connectivity index (χ0v) is 22.0. The maximum Gasteiger partial charge on any atom is 0.282 e. The summed E-state index contributed by atoms with van der Waals surface area (Å²) in [5.74, 6) is 1.36. The number of methoxy groups -OCH3 is 1. The summed E-state index contributed by atoms with van der Waals surface area (Å²) in [6, 6.07) is 7.14. The first-order valence-electron chi connectivity index (χ1n) is 9.65. The minimum Gasteiger partial charge on any atom is -0.493 e. The number of aromatic nitrogens is 2. The predicted octanol–water partition coefficient (Wildman–Crippen LogP) is 6.33. The molecule has 3 aromatic rings. The highest BCUT2D eigenvalue weighted by Gasteiger charge is 2.23. The zero-order chi connectivity index (χ0) is 23.6. The fraction of sp³-hybridized carbons (Fsp3) is 0.261. The number of fused-ring (bicyclic) bond motifs is 1. The molecule has 0 amide bonds. The van der Waals surface area contributed by atoms with Gasteiger partial charge in [-0.15, -0.1) is 0 Å². The largest absolute Gasteiger partial charge is 0.493 e. The lowest BCUT2D eigenvalue weighted by Gasteiger charge is -2.21. The Hall–Kier alpha value is -2.16. The molecule has 1 heterocycles. The molecule has 0 unspecified atom stereocenters. The molecule has 3 rings (SSSR count). The average molecular weight is 584 g/mol. The number of hydrogen-bond acceptors (Lipinski definition) is 5. The summed E-state index contributed by atoms with van der Waals surface area (Å²) < 4.78 is 13.7. The molecule has 32 heavy (non-hydrogen) atoms. The first-order chi connectivity index (χ1) is 15.1. The molecular formula is C23H22Br2ClN3O3. The van der Waals surface area contributed by atoms with Crippen LogP contribution in [-0.2, 0) is 5.41 Å². The van der Waals surface area contributed by atoms with Crippen molar-refractivity contribution in [3.8, 4) is 11.5 Å². The van der Waals surface area contributed by atoms with Crippen LogP contribution in [0, 0.1) is 0 Å². The second-order valence-electron chi connectivity index (χ2n) is 7.93. The van der Waals surface area contributed by atoms with Gasteiger partial charge in [0.1, 0.15) is 17.5 Å². The van der Waals surface area contributed by atoms with E-state index in [1.54, 1.807) is 18.2 Å². The minimum atomic E-state index is -0.424. The molecule has 168 valence electrons. The molecule has 6 nitrogen and oxygen atoms in total. The van der Waals surface area contributed by atoms with Gasteiger partial charge in [-0.05, 0) is 40.2 Å². The Labute approximate surface area is 208 Å². The van der Waals surface area contributed by atoms with Crippen LogP contribution in [0.4, 0.5) is 0 Å². The van der Waals surface area contributed by atoms with Crippen LogP contribution in [0.5, 0.6) is 11.5 Å². The van der Waals surface area contributed by atoms with Crippen molar-refractivity contribution in [2.75, 3.05) is 13.7 Å². The third-order valence-corrected chi connectivity index (χ3v) is 6.45. The van der Waals surface area contributed by atoms with Crippen LogP contribution in [0.2, 0.25) is 5.02 Å². The van der Waals surface area contributed by atoms with Gasteiger partial charge in [-0.25, -0.2) is 4.98 Å². The first-order valence-corrected chi connectivity index (χ1v) is 11.6. The highest BCUT2D eigenvalue weighted by molar-refractivity contribution is 9.10. The van der Waals surface area contributed by atoms with Crippen LogP contribution in [0.1, 0.15) is 32.2 Å². The molecule has 0 aliphatic heterocycles. The van der Waals surface area contributed by atoms with E-state index in [-0.39, 0.29) is 12.2 Å². The number of halogens is 3. The van der Waals surface area contributed by atoms with Gasteiger partial charge in [0, 0.05) is 19.9 Å². The molecule has 0 radical (unpaired) electrons. The van der Waals surface area contributed by atoms with Crippen LogP contribution >= 0.6 is 43.5 Å². The van der Waals surface area contributed by atoms with Crippen molar-refractivity contribution in [2.45, 2.75) is 26.2 Å². The highest BCUT2D eigenvalue weighted by Crippen LogP contribution is 2.42. The maximum atomic E-state index is 13.3. The van der Waals surface area contributed by atoms with Gasteiger partial charge in [-0.2, -0.15) is 9.78 Å². The predicted molar refractivity (Wildman–Crippen MR) is 137 cm³/mol. The summed E-state index contributed by atoms with van der Waals surface area (Å²) in [7, 11) is 1.52. The first kappa shape index (κ1) is 24.5. The van der Waals surface area contributed by atoms with Gasteiger partial charge in [0.15, 0.2) is 11.5 Å². The highest BCUT2D eigenvalue weighted by atomic mass is 79.9. The van der Waals surface area contributed by atoms with Gasteiger partial charge in [0.25, 0.3) is 5.56 Å². The van der Waals surface area contributed by atoms with Crippen molar-refractivity contribution < 1.29 is 9.47 Å². The number of benzene rings is 2. The quantitative estimate of drug-likeness (QED) is 0.251. The minimum absolute atomic E-state index is 0.266. The van der Waals surface area contributed by atoms with Crippen molar-refractivity contribution in [3.63, 3.8) is 0 Å². The Kier molecular flexibility index (Phi) is 7.47. The molecule has 0 fully saturated rings. The van der Waals surface area contributed by atoms with E-state index in [2.05, 4.69) is 43.5 Å². The number of rotatable bonds is 6. The van der Waals surface area contributed by atoms with Crippen LogP contribution in [0.3, 0.4) is 0 Å². The van der Waals surface area contributed by atoms with E-state index in [0.717, 1.165) is 4.47 Å². The molecule has 1 aromatic heterocycles. The van der Waals surface area contributed by atoms with Crippen molar-refractivity contribution >= 4 is 60.6 Å². The van der Waals surface area contributed by atoms with E-state index in [0.29, 0.717) is 43.3 Å². The fourth-order valence-corrected chi connectivity index (χ4v) is 4.00. The summed E-state index contributed by atoms with van der Waals surface area (Å²) in [6.45, 7) is 9.86. The smallest absolute Gasteiger partial charge is 0.282 e. The molecule has 0 atom stereocenters. The Balaban J connectivity index is 2.20. The lowest BCUT2D eigenvalue weighted by atomic mass is 9.95. The molecule has 0 N–H and O–H groups in total. The van der Waals surface area contributed by atoms with E-state index < -0.39 is 5.41 Å². The number of nitrogens with zero attached hydrogens (tertiary/aromatic N) is 3. The van der Waals surface area contributed by atoms with Crippen LogP contribution in [0.15, 0.2) is 55.8 Å². The molecular weight excluding hydrogens is 562 g/mol. The third kappa shape index (κ3) is 4.92. The molecule has 2 aromatic carbocycles. The van der Waals surface area contributed by atoms with Crippen LogP contribution < -0.4 is 15.0 Å². The number of hydrogen-bond donors (Lipinski definition) is 0. The summed E-state index contributed by atoms with van der Waals surface area (Å²) in [6.07, 6.45) is 3.16. The Morgan fingerprint density at radius 1 is 1.28 bits per heavy atom. The van der Waals surface area contributed by atoms with Crippen molar-refractivity contribution in [1.82, 2.24) is 9.66 Å². The normalized spacial score (nSPS) is 11.8. The summed E-state index contributed by atoms with van der Waals surface area (Å²) in [5, 5.41) is 5.29. The summed E-state index contributed by atoms with van der Waals surface area (Å²) in [5.41, 5.74) is 0.535. The average Bonchev–Trinajstić information content (AvgIpc) is 2.74. The standard InChI is InChI=1S/C23H22Br2ClN3O3/c1-6-9-32-20-17(31-5)10-13(18(25)19(20)26)12-27-29-21(30)15-11-14(24)7-8-16(15)28-22(29)23(2,3)4/h6-8,10-12H,1,9H2,2-5H3. The van der Waals surface area contributed by atoms with Gasteiger partial charge >= 0.3 is 0 Å². The molecule has 0 saturated heterocycles. The Morgan fingerprint density at radius 3 is 2.62 bits per heavy atom. The molecule has 0 aliphatic carbocycles. The molecule has 0 saturated carbocycles. The molecule has 0 bridgehead atoms. The SMILES string of the molecule is C=CCOc1c(OC)cc(C=Nn2c(C(C)(C)C)nc3ccc(Br)cc3c2=O)c(Br)c1Cl. The monoisotopic (exact) mass is 581 g/mol. The van der Waals surface area contributed by atoms with Crippen LogP contribution in [0.25, 0.3) is 10.9 Å². The summed E-state index contributed by atoms with van der Waals surface area (Å²) >= 11 is 13.4. The Morgan fingerprint density at radius 2 is 2.00 bits per heavy atom. The van der Waals surface area contributed by atoms with E-state index in [4.69, 9.17) is 26.1 Å². The maximum absolute atomic E-state index is 13.3. The number of ether oxygens (including phenoxy) is 2. The topological polar surface area (TPSA) is 65.7 Å². The second kappa shape index (κ2) is 9.77. The molecule has 9 heteroatoms. The second-order valence-corrected chi connectivity index (χ2v) is 10.0. The van der Waals surface area contributed by atoms with E-state index in [9.17, 15) is 4.79 Å². The summed E-state index contributed by atoms with van der Waals surface area (Å²) in [4.78, 5) is 18.0. The van der Waals surface area contributed by atoms with Crippen molar-refractivity contribution in [3.05, 3.63) is 72.6 Å². The van der Waals surface area contributed by atoms with Crippen molar-refractivity contribution in [1.29, 1.82) is 0 Å². The van der Waals surface area contributed by atoms with Gasteiger partial charge < -0.3 is 9.47 Å². The van der Waals surface area contributed by atoms with Gasteiger partial charge in [0.2, 0.25) is 0 Å². The van der Waals surface area contributed by atoms with E-state index >= 15 is 0 Å².